The number of hydrogen-bond acceptors (Lipinski definition) is 2. The van der Waals surface area contributed by atoms with Crippen molar-refractivity contribution in [2.45, 2.75) is 17.4 Å². The van der Waals surface area contributed by atoms with Crippen LogP contribution < -0.4 is 0 Å². The summed E-state index contributed by atoms with van der Waals surface area (Å²) < 4.78 is 14.4. The van der Waals surface area contributed by atoms with Crippen molar-refractivity contribution in [1.82, 2.24) is 0 Å². The van der Waals surface area contributed by atoms with Crippen LogP contribution in [0.5, 0.6) is 0 Å². The molecule has 1 N–H and O–H groups in total. The van der Waals surface area contributed by atoms with Gasteiger partial charge in [-0.25, -0.2) is 4.39 Å². The van der Waals surface area contributed by atoms with Crippen molar-refractivity contribution in [3.8, 4) is 0 Å². The van der Waals surface area contributed by atoms with Crippen molar-refractivity contribution in [3.05, 3.63) is 64.4 Å². The summed E-state index contributed by atoms with van der Waals surface area (Å²) in [6.07, 6.45) is -0.237. The monoisotopic (exact) mass is 340 g/mol. The highest BCUT2D eigenvalue weighted by Gasteiger charge is 2.10. The standard InChI is InChI=1S/C15H14BrFOS/c16-12-6-7-15(17)11(8-12)9-13(18)10-19-14-4-2-1-3-5-14/h1-8,13,18H,9-10H2. The minimum Gasteiger partial charge on any atom is -0.392 e. The van der Waals surface area contributed by atoms with Crippen molar-refractivity contribution in [2.24, 2.45) is 0 Å². The highest BCUT2D eigenvalue weighted by atomic mass is 79.9. The van der Waals surface area contributed by atoms with E-state index in [9.17, 15) is 9.50 Å². The van der Waals surface area contributed by atoms with Crippen LogP contribution in [-0.2, 0) is 6.42 Å². The Morgan fingerprint density at radius 2 is 1.89 bits per heavy atom. The molecule has 0 aliphatic rings. The van der Waals surface area contributed by atoms with E-state index >= 15 is 0 Å². The topological polar surface area (TPSA) is 20.2 Å². The molecule has 2 aromatic carbocycles. The molecule has 19 heavy (non-hydrogen) atoms. The Labute approximate surface area is 125 Å². The highest BCUT2D eigenvalue weighted by molar-refractivity contribution is 9.10. The molecule has 0 spiro atoms. The fourth-order valence-electron chi connectivity index (χ4n) is 1.72. The molecule has 0 fully saturated rings. The van der Waals surface area contributed by atoms with Crippen LogP contribution in [-0.4, -0.2) is 17.0 Å². The Bertz CT molecular complexity index is 533. The zero-order valence-corrected chi connectivity index (χ0v) is 12.6. The third-order valence-corrected chi connectivity index (χ3v) is 4.30. The third kappa shape index (κ3) is 4.64. The largest absolute Gasteiger partial charge is 0.392 e. The van der Waals surface area contributed by atoms with Gasteiger partial charge >= 0.3 is 0 Å². The zero-order valence-electron chi connectivity index (χ0n) is 10.2. The number of benzene rings is 2. The molecule has 1 unspecified atom stereocenters. The van der Waals surface area contributed by atoms with Gasteiger partial charge in [-0.05, 0) is 35.9 Å². The van der Waals surface area contributed by atoms with Crippen molar-refractivity contribution < 1.29 is 9.50 Å². The van der Waals surface area contributed by atoms with Crippen LogP contribution in [0.2, 0.25) is 0 Å². The van der Waals surface area contributed by atoms with Gasteiger partial charge in [0.25, 0.3) is 0 Å². The molecular weight excluding hydrogens is 327 g/mol. The second-order valence-corrected chi connectivity index (χ2v) is 6.23. The van der Waals surface area contributed by atoms with Crippen LogP contribution in [0.15, 0.2) is 57.9 Å². The van der Waals surface area contributed by atoms with Crippen molar-refractivity contribution in [1.29, 1.82) is 0 Å². The summed E-state index contributed by atoms with van der Waals surface area (Å²) in [6.45, 7) is 0. The molecule has 2 rings (SSSR count). The molecule has 2 aromatic rings. The third-order valence-electron chi connectivity index (χ3n) is 2.65. The summed E-state index contributed by atoms with van der Waals surface area (Å²) in [6, 6.07) is 14.7. The van der Waals surface area contributed by atoms with Crippen LogP contribution in [0, 0.1) is 5.82 Å². The molecule has 4 heteroatoms. The average Bonchev–Trinajstić information content (AvgIpc) is 2.42. The number of rotatable bonds is 5. The first-order valence-electron chi connectivity index (χ1n) is 5.95. The van der Waals surface area contributed by atoms with E-state index in [0.717, 1.165) is 9.37 Å². The summed E-state index contributed by atoms with van der Waals surface area (Å²) in [5.74, 6) is 0.280. The molecule has 1 atom stereocenters. The Hall–Kier alpha value is -0.840. The zero-order chi connectivity index (χ0) is 13.7. The van der Waals surface area contributed by atoms with Gasteiger partial charge in [-0.2, -0.15) is 0 Å². The van der Waals surface area contributed by atoms with Crippen LogP contribution in [0.1, 0.15) is 5.56 Å². The molecule has 0 aromatic heterocycles. The smallest absolute Gasteiger partial charge is 0.126 e. The van der Waals surface area contributed by atoms with Gasteiger partial charge in [-0.1, -0.05) is 34.1 Å². The normalized spacial score (nSPS) is 12.4. The van der Waals surface area contributed by atoms with Crippen LogP contribution in [0.25, 0.3) is 0 Å². The first-order chi connectivity index (χ1) is 9.15. The minimum absolute atomic E-state index is 0.271. The number of halogens is 2. The van der Waals surface area contributed by atoms with E-state index in [1.165, 1.54) is 6.07 Å². The predicted molar refractivity (Wildman–Crippen MR) is 81.0 cm³/mol. The molecule has 0 amide bonds. The summed E-state index contributed by atoms with van der Waals surface area (Å²) in [7, 11) is 0. The average molecular weight is 341 g/mol. The van der Waals surface area contributed by atoms with Crippen LogP contribution >= 0.6 is 27.7 Å². The molecule has 0 bridgehead atoms. The van der Waals surface area contributed by atoms with Gasteiger partial charge in [0, 0.05) is 21.5 Å². The molecule has 0 aliphatic heterocycles. The molecule has 100 valence electrons. The van der Waals surface area contributed by atoms with Gasteiger partial charge in [0.2, 0.25) is 0 Å². The van der Waals surface area contributed by atoms with Gasteiger partial charge < -0.3 is 5.11 Å². The maximum Gasteiger partial charge on any atom is 0.126 e. The van der Waals surface area contributed by atoms with Gasteiger partial charge in [-0.15, -0.1) is 11.8 Å². The minimum atomic E-state index is -0.561. The van der Waals surface area contributed by atoms with E-state index in [1.54, 1.807) is 23.9 Å². The Balaban J connectivity index is 1.90. The quantitative estimate of drug-likeness (QED) is 0.819. The highest BCUT2D eigenvalue weighted by Crippen LogP contribution is 2.21. The molecule has 0 aliphatic carbocycles. The number of aliphatic hydroxyl groups is 1. The fourth-order valence-corrected chi connectivity index (χ4v) is 2.98. The van der Waals surface area contributed by atoms with Crippen LogP contribution in [0.3, 0.4) is 0 Å². The maximum absolute atomic E-state index is 13.6. The lowest BCUT2D eigenvalue weighted by molar-refractivity contribution is 0.198. The lowest BCUT2D eigenvalue weighted by Crippen LogP contribution is -2.14. The predicted octanol–water partition coefficient (Wildman–Crippen LogP) is 4.28. The van der Waals surface area contributed by atoms with E-state index in [1.807, 2.05) is 30.3 Å². The van der Waals surface area contributed by atoms with E-state index < -0.39 is 6.10 Å². The SMILES string of the molecule is OC(CSc1ccccc1)Cc1cc(Br)ccc1F. The Kier molecular flexibility index (Phi) is 5.43. The lowest BCUT2D eigenvalue weighted by atomic mass is 10.1. The molecule has 0 radical (unpaired) electrons. The second-order valence-electron chi connectivity index (χ2n) is 4.22. The second kappa shape index (κ2) is 7.08. The summed E-state index contributed by atoms with van der Waals surface area (Å²) in [5.41, 5.74) is 0.538. The molecule has 0 saturated carbocycles. The fraction of sp³-hybridized carbons (Fsp3) is 0.200. The molecular formula is C15H14BrFOS. The molecule has 0 saturated heterocycles. The van der Waals surface area contributed by atoms with E-state index in [2.05, 4.69) is 15.9 Å². The maximum atomic E-state index is 13.6. The number of aliphatic hydroxyl groups excluding tert-OH is 1. The van der Waals surface area contributed by atoms with Crippen molar-refractivity contribution >= 4 is 27.7 Å². The van der Waals surface area contributed by atoms with Gasteiger partial charge in [0.15, 0.2) is 0 Å². The summed E-state index contributed by atoms with van der Waals surface area (Å²) in [4.78, 5) is 1.11. The van der Waals surface area contributed by atoms with Crippen molar-refractivity contribution in [2.75, 3.05) is 5.75 Å². The Morgan fingerprint density at radius 3 is 2.63 bits per heavy atom. The first-order valence-corrected chi connectivity index (χ1v) is 7.73. The lowest BCUT2D eigenvalue weighted by Gasteiger charge is -2.11. The first kappa shape index (κ1) is 14.6. The number of hydrogen-bond donors (Lipinski definition) is 1. The molecule has 1 nitrogen and oxygen atoms in total. The molecule has 0 heterocycles. The number of thioether (sulfide) groups is 1. The van der Waals surface area contributed by atoms with Crippen LogP contribution in [0.4, 0.5) is 4.39 Å². The summed E-state index contributed by atoms with van der Waals surface area (Å²) >= 11 is 4.88. The summed E-state index contributed by atoms with van der Waals surface area (Å²) in [5, 5.41) is 9.98. The van der Waals surface area contributed by atoms with Gasteiger partial charge in [0.05, 0.1) is 6.10 Å². The Morgan fingerprint density at radius 1 is 1.16 bits per heavy atom. The van der Waals surface area contributed by atoms with Gasteiger partial charge in [0.1, 0.15) is 5.82 Å². The van der Waals surface area contributed by atoms with E-state index in [4.69, 9.17) is 0 Å². The van der Waals surface area contributed by atoms with Crippen molar-refractivity contribution in [3.63, 3.8) is 0 Å². The van der Waals surface area contributed by atoms with E-state index in [0.29, 0.717) is 17.7 Å². The van der Waals surface area contributed by atoms with Gasteiger partial charge in [-0.3, -0.25) is 0 Å². The van der Waals surface area contributed by atoms with E-state index in [-0.39, 0.29) is 5.82 Å².